The van der Waals surface area contributed by atoms with Gasteiger partial charge in [-0.15, -0.1) is 0 Å². The summed E-state index contributed by atoms with van der Waals surface area (Å²) in [6.45, 7) is 2.23. The number of benzene rings is 1. The fraction of sp³-hybridized carbons (Fsp3) is 0.294. The van der Waals surface area contributed by atoms with Crippen molar-refractivity contribution >= 4 is 23.5 Å². The van der Waals surface area contributed by atoms with E-state index in [4.69, 9.17) is 26.2 Å². The number of methoxy groups -OCH3 is 1. The maximum absolute atomic E-state index is 12.3. The number of ether oxygens (including phenoxy) is 2. The predicted molar refractivity (Wildman–Crippen MR) is 87.6 cm³/mol. The van der Waals surface area contributed by atoms with Crippen molar-refractivity contribution in [1.82, 2.24) is 5.32 Å². The lowest BCUT2D eigenvalue weighted by molar-refractivity contribution is -0.132. The Labute approximate surface area is 144 Å². The van der Waals surface area contributed by atoms with Gasteiger partial charge in [0.2, 0.25) is 0 Å². The van der Waals surface area contributed by atoms with Crippen molar-refractivity contribution in [2.24, 2.45) is 0 Å². The Morgan fingerprint density at radius 1 is 1.33 bits per heavy atom. The third-order valence-corrected chi connectivity index (χ3v) is 3.57. The molecule has 0 saturated heterocycles. The van der Waals surface area contributed by atoms with Crippen LogP contribution in [-0.2, 0) is 4.79 Å². The van der Waals surface area contributed by atoms with Gasteiger partial charge < -0.3 is 19.9 Å². The van der Waals surface area contributed by atoms with Gasteiger partial charge in [-0.1, -0.05) is 17.3 Å². The Hall–Kier alpha value is -2.65. The quantitative estimate of drug-likeness (QED) is 0.771. The van der Waals surface area contributed by atoms with Crippen molar-refractivity contribution in [3.8, 4) is 11.5 Å². The molecule has 7 heteroatoms. The highest BCUT2D eigenvalue weighted by atomic mass is 35.5. The van der Waals surface area contributed by atoms with Gasteiger partial charge in [0.15, 0.2) is 11.5 Å². The van der Waals surface area contributed by atoms with E-state index in [0.29, 0.717) is 35.8 Å². The second-order valence-corrected chi connectivity index (χ2v) is 5.30. The van der Waals surface area contributed by atoms with E-state index in [1.165, 1.54) is 19.2 Å². The summed E-state index contributed by atoms with van der Waals surface area (Å²) >= 11 is 6.14. The number of nitrogens with one attached hydrogen (secondary N) is 1. The standard InChI is InChI=1S/C17H16ClNO5/c1-3-24-15-13(18)8-11(9-14(15)23-2)16(20)19-12-6-4-10(5-7-12)17(21)22/h8-9H,3-4,6H2,1-2H3,(H,19,20)(H,21,22). The molecule has 0 unspecified atom stereocenters. The first-order chi connectivity index (χ1) is 11.5. The molecule has 0 heterocycles. The molecule has 0 fully saturated rings. The molecule has 126 valence electrons. The fourth-order valence-electron chi connectivity index (χ4n) is 2.12. The second kappa shape index (κ2) is 7.75. The first kappa shape index (κ1) is 17.7. The van der Waals surface area contributed by atoms with Crippen LogP contribution in [0.2, 0.25) is 5.02 Å². The molecule has 0 radical (unpaired) electrons. The zero-order chi connectivity index (χ0) is 17.7. The van der Waals surface area contributed by atoms with E-state index >= 15 is 0 Å². The summed E-state index contributed by atoms with van der Waals surface area (Å²) in [5.41, 5.74) is 6.08. The van der Waals surface area contributed by atoms with Crippen LogP contribution >= 0.6 is 11.6 Å². The summed E-state index contributed by atoms with van der Waals surface area (Å²) in [6, 6.07) is 3.01. The zero-order valence-electron chi connectivity index (χ0n) is 13.2. The van der Waals surface area contributed by atoms with Crippen molar-refractivity contribution in [2.75, 3.05) is 13.7 Å². The van der Waals surface area contributed by atoms with E-state index < -0.39 is 11.9 Å². The van der Waals surface area contributed by atoms with Gasteiger partial charge in [0, 0.05) is 12.0 Å². The maximum atomic E-state index is 12.3. The number of hydrogen-bond donors (Lipinski definition) is 2. The maximum Gasteiger partial charge on any atom is 0.340 e. The van der Waals surface area contributed by atoms with Crippen LogP contribution in [0.3, 0.4) is 0 Å². The van der Waals surface area contributed by atoms with Gasteiger partial charge >= 0.3 is 5.97 Å². The number of carbonyl (C=O) groups excluding carboxylic acids is 1. The Kier molecular flexibility index (Phi) is 5.72. The number of halogens is 1. The van der Waals surface area contributed by atoms with Crippen molar-refractivity contribution < 1.29 is 24.2 Å². The third kappa shape index (κ3) is 4.00. The van der Waals surface area contributed by atoms with Crippen molar-refractivity contribution in [2.45, 2.75) is 19.8 Å². The van der Waals surface area contributed by atoms with E-state index in [1.54, 1.807) is 0 Å². The summed E-state index contributed by atoms with van der Waals surface area (Å²) in [7, 11) is 1.46. The minimum absolute atomic E-state index is 0.138. The molecular weight excluding hydrogens is 334 g/mol. The minimum Gasteiger partial charge on any atom is -0.493 e. The van der Waals surface area contributed by atoms with Crippen LogP contribution in [0.5, 0.6) is 11.5 Å². The SMILES string of the molecule is CCOc1c(Cl)cc(C(=O)NC2=C=C=C(C(=O)O)CC2)cc1OC. The molecular formula is C17H16ClNO5. The molecule has 1 amide bonds. The minimum atomic E-state index is -1.03. The lowest BCUT2D eigenvalue weighted by atomic mass is 10.1. The van der Waals surface area contributed by atoms with Gasteiger partial charge in [-0.25, -0.2) is 4.79 Å². The Balaban J connectivity index is 2.27. The average molecular weight is 350 g/mol. The summed E-state index contributed by atoms with van der Waals surface area (Å²) in [6.07, 6.45) is 0.646. The molecule has 2 N–H and O–H groups in total. The first-order valence-corrected chi connectivity index (χ1v) is 7.62. The van der Waals surface area contributed by atoms with Crippen molar-refractivity contribution in [1.29, 1.82) is 0 Å². The lowest BCUT2D eigenvalue weighted by Crippen LogP contribution is -2.23. The van der Waals surface area contributed by atoms with E-state index in [0.717, 1.165) is 0 Å². The molecule has 1 aromatic rings. The van der Waals surface area contributed by atoms with Crippen LogP contribution in [0.15, 0.2) is 34.9 Å². The van der Waals surface area contributed by atoms with Gasteiger partial charge in [0.1, 0.15) is 0 Å². The summed E-state index contributed by atoms with van der Waals surface area (Å²) in [5.74, 6) is -0.697. The molecule has 0 atom stereocenters. The van der Waals surface area contributed by atoms with Gasteiger partial charge in [-0.05, 0) is 31.2 Å². The molecule has 0 aliphatic heterocycles. The van der Waals surface area contributed by atoms with Gasteiger partial charge in [0.05, 0.1) is 30.0 Å². The molecule has 24 heavy (non-hydrogen) atoms. The van der Waals surface area contributed by atoms with Crippen LogP contribution in [0.25, 0.3) is 0 Å². The van der Waals surface area contributed by atoms with E-state index in [1.807, 2.05) is 6.92 Å². The molecule has 0 aromatic heterocycles. The smallest absolute Gasteiger partial charge is 0.340 e. The highest BCUT2D eigenvalue weighted by molar-refractivity contribution is 6.32. The number of carbonyl (C=O) groups is 2. The van der Waals surface area contributed by atoms with Gasteiger partial charge in [-0.2, -0.15) is 0 Å². The number of allylic oxidation sites excluding steroid dienone is 1. The molecule has 0 saturated carbocycles. The van der Waals surface area contributed by atoms with Crippen molar-refractivity contribution in [3.05, 3.63) is 45.5 Å². The van der Waals surface area contributed by atoms with Crippen LogP contribution in [-0.4, -0.2) is 30.7 Å². The Bertz CT molecular complexity index is 786. The molecule has 6 nitrogen and oxygen atoms in total. The van der Waals surface area contributed by atoms with Crippen molar-refractivity contribution in [3.63, 3.8) is 0 Å². The first-order valence-electron chi connectivity index (χ1n) is 7.24. The number of carboxylic acids is 1. The normalized spacial score (nSPS) is 13.0. The third-order valence-electron chi connectivity index (χ3n) is 3.29. The van der Waals surface area contributed by atoms with Crippen LogP contribution in [0.1, 0.15) is 30.1 Å². The predicted octanol–water partition coefficient (Wildman–Crippen LogP) is 2.92. The number of rotatable bonds is 6. The average Bonchev–Trinajstić information content (AvgIpc) is 2.57. The monoisotopic (exact) mass is 349 g/mol. The van der Waals surface area contributed by atoms with E-state index in [9.17, 15) is 9.59 Å². The molecule has 0 spiro atoms. The number of carboxylic acid groups (broad SMARTS) is 1. The van der Waals surface area contributed by atoms with Crippen LogP contribution in [0, 0.1) is 0 Å². The zero-order valence-corrected chi connectivity index (χ0v) is 14.0. The van der Waals surface area contributed by atoms with Crippen LogP contribution < -0.4 is 14.8 Å². The highest BCUT2D eigenvalue weighted by Gasteiger charge is 2.18. The molecule has 1 aliphatic rings. The summed E-state index contributed by atoms with van der Waals surface area (Å²) in [4.78, 5) is 23.2. The topological polar surface area (TPSA) is 84.9 Å². The lowest BCUT2D eigenvalue weighted by Gasteiger charge is -2.14. The Morgan fingerprint density at radius 2 is 2.08 bits per heavy atom. The summed E-state index contributed by atoms with van der Waals surface area (Å²) < 4.78 is 10.6. The number of hydrogen-bond acceptors (Lipinski definition) is 4. The van der Waals surface area contributed by atoms with E-state index in [-0.39, 0.29) is 17.0 Å². The molecule has 1 aliphatic carbocycles. The molecule has 0 bridgehead atoms. The summed E-state index contributed by atoms with van der Waals surface area (Å²) in [5, 5.41) is 11.8. The Morgan fingerprint density at radius 3 is 2.62 bits per heavy atom. The number of amides is 1. The van der Waals surface area contributed by atoms with E-state index in [2.05, 4.69) is 16.8 Å². The number of aliphatic carboxylic acids is 1. The van der Waals surface area contributed by atoms with Crippen LogP contribution in [0.4, 0.5) is 0 Å². The molecule has 2 rings (SSSR count). The highest BCUT2D eigenvalue weighted by Crippen LogP contribution is 2.36. The van der Waals surface area contributed by atoms with Gasteiger partial charge in [0.25, 0.3) is 5.91 Å². The second-order valence-electron chi connectivity index (χ2n) is 4.89. The largest absolute Gasteiger partial charge is 0.493 e. The van der Waals surface area contributed by atoms with Gasteiger partial charge in [-0.3, -0.25) is 4.79 Å². The molecule has 1 aromatic carbocycles. The fourth-order valence-corrected chi connectivity index (χ4v) is 2.39.